The Labute approximate surface area is 198 Å². The summed E-state index contributed by atoms with van der Waals surface area (Å²) < 4.78 is 55.4. The highest BCUT2D eigenvalue weighted by Crippen LogP contribution is 2.25. The molecule has 2 aromatic carbocycles. The van der Waals surface area contributed by atoms with Gasteiger partial charge in [0, 0.05) is 6.42 Å². The maximum absolute atomic E-state index is 11.3. The van der Waals surface area contributed by atoms with E-state index >= 15 is 0 Å². The van der Waals surface area contributed by atoms with Gasteiger partial charge in [0.2, 0.25) is 20.0 Å². The number of rotatable bonds is 10. The van der Waals surface area contributed by atoms with E-state index in [1.54, 1.807) is 19.9 Å². The molecule has 0 saturated heterocycles. The standard InChI is InChI=1S/C11H15NO4S.C10H13NO5S/c1-3-16-10-7-9(6-8(2)13)4-5-11(10)17(12,14)15;1-2-16-8-5-7(6-10(12)13)3-4-9(8)17(11,14)15/h4-5,7H,3,6H2,1-2H3,(H2,12,14,15);3-5H,2,6H2,1H3,(H,12,13)(H2,11,14,15). The summed E-state index contributed by atoms with van der Waals surface area (Å²) in [6, 6.07) is 8.47. The minimum absolute atomic E-state index is 0.00389. The summed E-state index contributed by atoms with van der Waals surface area (Å²) in [5.41, 5.74) is 1.15. The van der Waals surface area contributed by atoms with E-state index in [1.807, 2.05) is 0 Å². The lowest BCUT2D eigenvalue weighted by Gasteiger charge is -2.10. The van der Waals surface area contributed by atoms with E-state index in [0.717, 1.165) is 0 Å². The predicted octanol–water partition coefficient (Wildman–Crippen LogP) is 1.22. The lowest BCUT2D eigenvalue weighted by molar-refractivity contribution is -0.136. The molecule has 0 aliphatic heterocycles. The number of Topliss-reactive ketones (excluding diaryl/α,β-unsaturated/α-hetero) is 1. The molecule has 0 radical (unpaired) electrons. The number of hydrogen-bond donors (Lipinski definition) is 3. The van der Waals surface area contributed by atoms with Crippen LogP contribution in [0.2, 0.25) is 0 Å². The molecule has 0 unspecified atom stereocenters. The van der Waals surface area contributed by atoms with Crippen LogP contribution in [-0.2, 0) is 42.5 Å². The number of carboxylic acid groups (broad SMARTS) is 1. The van der Waals surface area contributed by atoms with Crippen molar-refractivity contribution in [3.05, 3.63) is 47.5 Å². The molecule has 13 heteroatoms. The first-order valence-corrected chi connectivity index (χ1v) is 13.1. The first kappa shape index (κ1) is 29.0. The molecule has 188 valence electrons. The van der Waals surface area contributed by atoms with Crippen molar-refractivity contribution in [2.24, 2.45) is 10.3 Å². The van der Waals surface area contributed by atoms with Crippen molar-refractivity contribution < 1.29 is 41.0 Å². The number of sulfonamides is 2. The quantitative estimate of drug-likeness (QED) is 0.416. The highest BCUT2D eigenvalue weighted by Gasteiger charge is 2.17. The summed E-state index contributed by atoms with van der Waals surface area (Å²) in [4.78, 5) is 21.3. The van der Waals surface area contributed by atoms with Crippen LogP contribution < -0.4 is 19.8 Å². The van der Waals surface area contributed by atoms with Crippen LogP contribution in [-0.4, -0.2) is 46.9 Å². The van der Waals surface area contributed by atoms with Gasteiger partial charge in [0.15, 0.2) is 0 Å². The van der Waals surface area contributed by atoms with Crippen LogP contribution in [0.1, 0.15) is 31.9 Å². The van der Waals surface area contributed by atoms with E-state index in [2.05, 4.69) is 0 Å². The van der Waals surface area contributed by atoms with Gasteiger partial charge >= 0.3 is 5.97 Å². The predicted molar refractivity (Wildman–Crippen MR) is 124 cm³/mol. The van der Waals surface area contributed by atoms with Crippen LogP contribution in [0.5, 0.6) is 11.5 Å². The fourth-order valence-electron chi connectivity index (χ4n) is 2.79. The van der Waals surface area contributed by atoms with E-state index < -0.39 is 26.0 Å². The molecule has 0 fully saturated rings. The molecule has 5 N–H and O–H groups in total. The van der Waals surface area contributed by atoms with Crippen molar-refractivity contribution in [3.8, 4) is 11.5 Å². The number of ether oxygens (including phenoxy) is 2. The number of carbonyl (C=O) groups excluding carboxylic acids is 1. The van der Waals surface area contributed by atoms with Gasteiger partial charge < -0.3 is 14.6 Å². The normalized spacial score (nSPS) is 11.2. The van der Waals surface area contributed by atoms with Crippen LogP contribution in [0.15, 0.2) is 46.2 Å². The van der Waals surface area contributed by atoms with E-state index in [9.17, 15) is 26.4 Å². The van der Waals surface area contributed by atoms with Gasteiger partial charge in [0.1, 0.15) is 27.1 Å². The number of hydrogen-bond acceptors (Lipinski definition) is 8. The molecule has 0 saturated carbocycles. The number of benzene rings is 2. The Morgan fingerprint density at radius 3 is 1.47 bits per heavy atom. The van der Waals surface area contributed by atoms with Gasteiger partial charge in [-0.25, -0.2) is 27.1 Å². The second kappa shape index (κ2) is 12.5. The average molecular weight is 517 g/mol. The highest BCUT2D eigenvalue weighted by atomic mass is 32.2. The van der Waals surface area contributed by atoms with Crippen molar-refractivity contribution in [2.75, 3.05) is 13.2 Å². The van der Waals surface area contributed by atoms with Crippen molar-refractivity contribution in [1.29, 1.82) is 0 Å². The van der Waals surface area contributed by atoms with Gasteiger partial charge in [-0.15, -0.1) is 0 Å². The summed E-state index contributed by atoms with van der Waals surface area (Å²) in [7, 11) is -7.68. The SMILES string of the molecule is CCOc1cc(CC(=O)O)ccc1S(N)(=O)=O.CCOc1cc(CC(C)=O)ccc1S(N)(=O)=O. The number of nitrogens with two attached hydrogens (primary N) is 2. The smallest absolute Gasteiger partial charge is 0.307 e. The molecule has 2 rings (SSSR count). The molecule has 0 bridgehead atoms. The molecular weight excluding hydrogens is 488 g/mol. The summed E-state index contributed by atoms with van der Waals surface area (Å²) in [6.07, 6.45) is 0.0376. The first-order valence-electron chi connectivity index (χ1n) is 9.97. The van der Waals surface area contributed by atoms with Crippen molar-refractivity contribution in [1.82, 2.24) is 0 Å². The highest BCUT2D eigenvalue weighted by molar-refractivity contribution is 7.89. The zero-order valence-corrected chi connectivity index (χ0v) is 20.6. The number of carboxylic acids is 1. The van der Waals surface area contributed by atoms with E-state index in [1.165, 1.54) is 37.3 Å². The summed E-state index contributed by atoms with van der Waals surface area (Å²) in [5, 5.41) is 18.7. The average Bonchev–Trinajstić information content (AvgIpc) is 2.66. The lowest BCUT2D eigenvalue weighted by Crippen LogP contribution is -2.14. The van der Waals surface area contributed by atoms with Crippen LogP contribution in [0.3, 0.4) is 0 Å². The lowest BCUT2D eigenvalue weighted by atomic mass is 10.1. The van der Waals surface area contributed by atoms with Gasteiger partial charge in [-0.2, -0.15) is 0 Å². The molecule has 0 heterocycles. The fraction of sp³-hybridized carbons (Fsp3) is 0.333. The maximum atomic E-state index is 11.3. The van der Waals surface area contributed by atoms with Crippen molar-refractivity contribution in [3.63, 3.8) is 0 Å². The summed E-state index contributed by atoms with van der Waals surface area (Å²) in [5.74, 6) is -0.742. The van der Waals surface area contributed by atoms with Gasteiger partial charge in [-0.3, -0.25) is 9.59 Å². The molecule has 34 heavy (non-hydrogen) atoms. The minimum Gasteiger partial charge on any atom is -0.492 e. The summed E-state index contributed by atoms with van der Waals surface area (Å²) >= 11 is 0. The van der Waals surface area contributed by atoms with Crippen molar-refractivity contribution in [2.45, 2.75) is 43.4 Å². The minimum atomic E-state index is -3.87. The maximum Gasteiger partial charge on any atom is 0.307 e. The van der Waals surface area contributed by atoms with E-state index in [0.29, 0.717) is 17.7 Å². The molecule has 0 aliphatic rings. The Balaban J connectivity index is 0.000000340. The second-order valence-electron chi connectivity index (χ2n) is 6.97. The topological polar surface area (TPSA) is 193 Å². The monoisotopic (exact) mass is 516 g/mol. The zero-order valence-electron chi connectivity index (χ0n) is 19.0. The Hall–Kier alpha value is -3.00. The van der Waals surface area contributed by atoms with Crippen LogP contribution in [0.4, 0.5) is 0 Å². The summed E-state index contributed by atoms with van der Waals surface area (Å²) in [6.45, 7) is 5.49. The second-order valence-corrected chi connectivity index (χ2v) is 10.0. The molecule has 0 aromatic heterocycles. The zero-order chi connectivity index (χ0) is 26.1. The Bertz CT molecular complexity index is 1140. The molecule has 11 nitrogen and oxygen atoms in total. The van der Waals surface area contributed by atoms with Gasteiger partial charge in [0.25, 0.3) is 0 Å². The van der Waals surface area contributed by atoms with E-state index in [4.69, 9.17) is 24.9 Å². The van der Waals surface area contributed by atoms with E-state index in [-0.39, 0.29) is 46.5 Å². The number of carbonyl (C=O) groups is 2. The fourth-order valence-corrected chi connectivity index (χ4v) is 4.11. The number of aliphatic carboxylic acids is 1. The third-order valence-corrected chi connectivity index (χ3v) is 5.94. The molecule has 2 aromatic rings. The largest absolute Gasteiger partial charge is 0.492 e. The van der Waals surface area contributed by atoms with Gasteiger partial charge in [-0.1, -0.05) is 12.1 Å². The Kier molecular flexibility index (Phi) is 10.6. The van der Waals surface area contributed by atoms with Crippen LogP contribution >= 0.6 is 0 Å². The number of primary sulfonamides is 2. The van der Waals surface area contributed by atoms with Crippen LogP contribution in [0, 0.1) is 0 Å². The Morgan fingerprint density at radius 2 is 1.18 bits per heavy atom. The molecule has 0 aliphatic carbocycles. The van der Waals surface area contributed by atoms with Gasteiger partial charge in [-0.05, 0) is 56.2 Å². The Morgan fingerprint density at radius 1 is 0.794 bits per heavy atom. The molecular formula is C21H28N2O9S2. The first-order chi connectivity index (χ1) is 15.7. The molecule has 0 atom stereocenters. The van der Waals surface area contributed by atoms with Crippen molar-refractivity contribution >= 4 is 31.8 Å². The van der Waals surface area contributed by atoms with Crippen LogP contribution in [0.25, 0.3) is 0 Å². The van der Waals surface area contributed by atoms with Gasteiger partial charge in [0.05, 0.1) is 19.6 Å². The molecule has 0 amide bonds. The molecule has 0 spiro atoms. The third-order valence-electron chi connectivity index (χ3n) is 4.04. The third kappa shape index (κ3) is 9.47. The number of ketones is 1.